The number of anilines is 2. The molecule has 1 amide bonds. The average molecular weight is 225 g/mol. The third-order valence-corrected chi connectivity index (χ3v) is 2.62. The quantitative estimate of drug-likeness (QED) is 0.731. The molecule has 2 rings (SSSR count). The number of rotatable bonds is 3. The number of aryl methyl sites for hydroxylation is 2. The van der Waals surface area contributed by atoms with Crippen molar-refractivity contribution in [1.29, 1.82) is 0 Å². The summed E-state index contributed by atoms with van der Waals surface area (Å²) in [5.41, 5.74) is 4.10. The van der Waals surface area contributed by atoms with Crippen LogP contribution >= 0.6 is 0 Å². The molecular weight excluding hydrogens is 210 g/mol. The zero-order chi connectivity index (χ0) is 12.3. The standard InChI is InChI=1S/C15H15NO/c1-12-8-13(2)10-15(9-12)16(11-17)14-6-4-3-5-7-14/h3-11H,1-2H3. The maximum Gasteiger partial charge on any atom is 0.218 e. The molecule has 2 heteroatoms. The average Bonchev–Trinajstić information content (AvgIpc) is 2.30. The topological polar surface area (TPSA) is 20.3 Å². The van der Waals surface area contributed by atoms with E-state index in [0.717, 1.165) is 28.9 Å². The van der Waals surface area contributed by atoms with Gasteiger partial charge in [-0.15, -0.1) is 0 Å². The van der Waals surface area contributed by atoms with Crippen molar-refractivity contribution in [2.24, 2.45) is 0 Å². The molecule has 0 aromatic heterocycles. The highest BCUT2D eigenvalue weighted by molar-refractivity contribution is 5.86. The predicted molar refractivity (Wildman–Crippen MR) is 70.6 cm³/mol. The second kappa shape index (κ2) is 4.83. The molecule has 0 radical (unpaired) electrons. The number of benzene rings is 2. The normalized spacial score (nSPS) is 10.0. The second-order valence-electron chi connectivity index (χ2n) is 4.16. The summed E-state index contributed by atoms with van der Waals surface area (Å²) >= 11 is 0. The molecule has 2 nitrogen and oxygen atoms in total. The summed E-state index contributed by atoms with van der Waals surface area (Å²) in [6.07, 6.45) is 0.851. The van der Waals surface area contributed by atoms with E-state index in [1.165, 1.54) is 0 Å². The molecule has 0 fully saturated rings. The number of hydrogen-bond acceptors (Lipinski definition) is 1. The summed E-state index contributed by atoms with van der Waals surface area (Å²) in [6.45, 7) is 4.06. The summed E-state index contributed by atoms with van der Waals surface area (Å²) in [5, 5.41) is 0. The van der Waals surface area contributed by atoms with Crippen molar-refractivity contribution in [2.75, 3.05) is 4.90 Å². The predicted octanol–water partition coefficient (Wildman–Crippen LogP) is 3.60. The molecule has 0 unspecified atom stereocenters. The van der Waals surface area contributed by atoms with Gasteiger partial charge in [-0.3, -0.25) is 9.69 Å². The van der Waals surface area contributed by atoms with E-state index in [1.54, 1.807) is 4.90 Å². The van der Waals surface area contributed by atoms with E-state index in [-0.39, 0.29) is 0 Å². The van der Waals surface area contributed by atoms with Crippen LogP contribution in [0.4, 0.5) is 11.4 Å². The van der Waals surface area contributed by atoms with Crippen LogP contribution < -0.4 is 4.90 Å². The molecule has 2 aromatic carbocycles. The van der Waals surface area contributed by atoms with Crippen molar-refractivity contribution in [2.45, 2.75) is 13.8 Å². The van der Waals surface area contributed by atoms with Crippen LogP contribution in [0.25, 0.3) is 0 Å². The van der Waals surface area contributed by atoms with Crippen LogP contribution in [0.15, 0.2) is 48.5 Å². The molecule has 17 heavy (non-hydrogen) atoms. The third-order valence-electron chi connectivity index (χ3n) is 2.62. The molecule has 0 aliphatic rings. The molecule has 0 spiro atoms. The van der Waals surface area contributed by atoms with Crippen LogP contribution in [0.1, 0.15) is 11.1 Å². The SMILES string of the molecule is Cc1cc(C)cc(N(C=O)c2ccccc2)c1. The minimum Gasteiger partial charge on any atom is -0.284 e. The van der Waals surface area contributed by atoms with Crippen LogP contribution in [0.5, 0.6) is 0 Å². The van der Waals surface area contributed by atoms with E-state index < -0.39 is 0 Å². The van der Waals surface area contributed by atoms with Crippen molar-refractivity contribution in [3.63, 3.8) is 0 Å². The van der Waals surface area contributed by atoms with E-state index in [4.69, 9.17) is 0 Å². The minimum atomic E-state index is 0.851. The fourth-order valence-corrected chi connectivity index (χ4v) is 1.95. The monoisotopic (exact) mass is 225 g/mol. The Kier molecular flexibility index (Phi) is 3.24. The lowest BCUT2D eigenvalue weighted by molar-refractivity contribution is -0.106. The van der Waals surface area contributed by atoms with Gasteiger partial charge < -0.3 is 0 Å². The van der Waals surface area contributed by atoms with E-state index in [0.29, 0.717) is 0 Å². The van der Waals surface area contributed by atoms with Crippen molar-refractivity contribution < 1.29 is 4.79 Å². The maximum atomic E-state index is 11.3. The first-order chi connectivity index (χ1) is 8.20. The van der Waals surface area contributed by atoms with Gasteiger partial charge in [0.2, 0.25) is 6.41 Å². The fraction of sp³-hybridized carbons (Fsp3) is 0.133. The van der Waals surface area contributed by atoms with Crippen molar-refractivity contribution in [3.05, 3.63) is 59.7 Å². The molecule has 0 atom stereocenters. The van der Waals surface area contributed by atoms with Crippen molar-refractivity contribution >= 4 is 17.8 Å². The van der Waals surface area contributed by atoms with Gasteiger partial charge in [-0.1, -0.05) is 24.3 Å². The maximum absolute atomic E-state index is 11.3. The smallest absolute Gasteiger partial charge is 0.218 e. The first kappa shape index (κ1) is 11.4. The highest BCUT2D eigenvalue weighted by Gasteiger charge is 2.08. The van der Waals surface area contributed by atoms with Gasteiger partial charge in [-0.2, -0.15) is 0 Å². The Morgan fingerprint density at radius 1 is 0.882 bits per heavy atom. The van der Waals surface area contributed by atoms with Crippen molar-refractivity contribution in [1.82, 2.24) is 0 Å². The minimum absolute atomic E-state index is 0.851. The largest absolute Gasteiger partial charge is 0.284 e. The van der Waals surface area contributed by atoms with Gasteiger partial charge in [0.1, 0.15) is 0 Å². The van der Waals surface area contributed by atoms with Gasteiger partial charge in [-0.25, -0.2) is 0 Å². The van der Waals surface area contributed by atoms with E-state index >= 15 is 0 Å². The molecule has 0 saturated carbocycles. The molecule has 0 aliphatic carbocycles. The molecule has 2 aromatic rings. The van der Waals surface area contributed by atoms with Gasteiger partial charge in [0.15, 0.2) is 0 Å². The molecular formula is C15H15NO. The van der Waals surface area contributed by atoms with Crippen molar-refractivity contribution in [3.8, 4) is 0 Å². The summed E-state index contributed by atoms with van der Waals surface area (Å²) < 4.78 is 0. The Bertz CT molecular complexity index is 499. The summed E-state index contributed by atoms with van der Waals surface area (Å²) in [7, 11) is 0. The van der Waals surface area contributed by atoms with E-state index in [2.05, 4.69) is 6.07 Å². The zero-order valence-corrected chi connectivity index (χ0v) is 10.1. The zero-order valence-electron chi connectivity index (χ0n) is 10.1. The van der Waals surface area contributed by atoms with E-state index in [9.17, 15) is 4.79 Å². The molecule has 0 aliphatic heterocycles. The molecule has 0 heterocycles. The number of hydrogen-bond donors (Lipinski definition) is 0. The molecule has 0 bridgehead atoms. The number of nitrogens with zero attached hydrogens (tertiary/aromatic N) is 1. The first-order valence-electron chi connectivity index (χ1n) is 5.58. The molecule has 0 N–H and O–H groups in total. The highest BCUT2D eigenvalue weighted by atomic mass is 16.1. The van der Waals surface area contributed by atoms with Crippen LogP contribution in [0.3, 0.4) is 0 Å². The first-order valence-corrected chi connectivity index (χ1v) is 5.58. The highest BCUT2D eigenvalue weighted by Crippen LogP contribution is 2.25. The van der Waals surface area contributed by atoms with Gasteiger partial charge in [0, 0.05) is 11.4 Å². The third kappa shape index (κ3) is 2.53. The number of carbonyl (C=O) groups is 1. The summed E-state index contributed by atoms with van der Waals surface area (Å²) in [4.78, 5) is 12.9. The van der Waals surface area contributed by atoms with E-state index in [1.807, 2.05) is 56.3 Å². The summed E-state index contributed by atoms with van der Waals surface area (Å²) in [6, 6.07) is 15.7. The second-order valence-corrected chi connectivity index (χ2v) is 4.16. The van der Waals surface area contributed by atoms with Crippen LogP contribution in [-0.2, 0) is 4.79 Å². The van der Waals surface area contributed by atoms with Crippen LogP contribution in [0.2, 0.25) is 0 Å². The lowest BCUT2D eigenvalue weighted by atomic mass is 10.1. The Hall–Kier alpha value is -2.09. The molecule has 86 valence electrons. The number of para-hydroxylation sites is 1. The number of amides is 1. The Morgan fingerprint density at radius 2 is 1.47 bits per heavy atom. The van der Waals surface area contributed by atoms with Gasteiger partial charge >= 0.3 is 0 Å². The summed E-state index contributed by atoms with van der Waals surface area (Å²) in [5.74, 6) is 0. The van der Waals surface area contributed by atoms with Crippen LogP contribution in [-0.4, -0.2) is 6.41 Å². The van der Waals surface area contributed by atoms with Crippen LogP contribution in [0, 0.1) is 13.8 Å². The Morgan fingerprint density at radius 3 is 2.00 bits per heavy atom. The lowest BCUT2D eigenvalue weighted by Crippen LogP contribution is -2.14. The fourth-order valence-electron chi connectivity index (χ4n) is 1.95. The van der Waals surface area contributed by atoms with Gasteiger partial charge in [-0.05, 0) is 49.2 Å². The molecule has 0 saturated heterocycles. The Balaban J connectivity index is 2.46. The lowest BCUT2D eigenvalue weighted by Gasteiger charge is -2.18. The Labute approximate surface area is 102 Å². The number of carbonyl (C=O) groups excluding carboxylic acids is 1. The van der Waals surface area contributed by atoms with Gasteiger partial charge in [0.05, 0.1) is 0 Å². The van der Waals surface area contributed by atoms with Gasteiger partial charge in [0.25, 0.3) is 0 Å².